The second-order valence-corrected chi connectivity index (χ2v) is 6.23. The first kappa shape index (κ1) is 16.6. The standard InChI is InChI=1S/C17H27ClN2O/c1-2-9-19-13-14-7-8-17(16(18)12-14)20(10-4-11-21)15-5-3-6-15/h7-8,12,15,19,21H,2-6,9-11,13H2,1H3. The molecule has 3 nitrogen and oxygen atoms in total. The van der Waals surface area contributed by atoms with Crippen LogP contribution in [0.3, 0.4) is 0 Å². The molecule has 0 bridgehead atoms. The van der Waals surface area contributed by atoms with E-state index in [-0.39, 0.29) is 6.61 Å². The monoisotopic (exact) mass is 310 g/mol. The molecular weight excluding hydrogens is 284 g/mol. The summed E-state index contributed by atoms with van der Waals surface area (Å²) in [5.41, 5.74) is 2.35. The first-order chi connectivity index (χ1) is 10.3. The normalized spacial score (nSPS) is 15.0. The first-order valence-corrected chi connectivity index (χ1v) is 8.50. The van der Waals surface area contributed by atoms with Crippen molar-refractivity contribution >= 4 is 17.3 Å². The molecule has 118 valence electrons. The average Bonchev–Trinajstić information content (AvgIpc) is 2.42. The number of halogens is 1. The van der Waals surface area contributed by atoms with Gasteiger partial charge in [-0.15, -0.1) is 0 Å². The van der Waals surface area contributed by atoms with Gasteiger partial charge in [0.25, 0.3) is 0 Å². The van der Waals surface area contributed by atoms with Crippen molar-refractivity contribution in [3.63, 3.8) is 0 Å². The Hall–Kier alpha value is -0.770. The van der Waals surface area contributed by atoms with Crippen LogP contribution in [0.15, 0.2) is 18.2 Å². The van der Waals surface area contributed by atoms with E-state index >= 15 is 0 Å². The summed E-state index contributed by atoms with van der Waals surface area (Å²) in [5, 5.41) is 13.3. The third-order valence-electron chi connectivity index (χ3n) is 4.15. The fourth-order valence-corrected chi connectivity index (χ4v) is 3.05. The number of anilines is 1. The van der Waals surface area contributed by atoms with Gasteiger partial charge in [0.15, 0.2) is 0 Å². The van der Waals surface area contributed by atoms with Gasteiger partial charge in [-0.05, 0) is 56.3 Å². The van der Waals surface area contributed by atoms with E-state index in [0.717, 1.165) is 43.2 Å². The Morgan fingerprint density at radius 2 is 2.19 bits per heavy atom. The minimum Gasteiger partial charge on any atom is -0.396 e. The van der Waals surface area contributed by atoms with Gasteiger partial charge < -0.3 is 15.3 Å². The van der Waals surface area contributed by atoms with Gasteiger partial charge in [0.2, 0.25) is 0 Å². The SMILES string of the molecule is CCCNCc1ccc(N(CCCO)C2CCC2)c(Cl)c1. The van der Waals surface area contributed by atoms with Crippen molar-refractivity contribution in [1.29, 1.82) is 0 Å². The Labute approximate surface area is 133 Å². The molecule has 1 aliphatic carbocycles. The van der Waals surface area contributed by atoms with Gasteiger partial charge in [-0.3, -0.25) is 0 Å². The molecule has 0 saturated heterocycles. The Kier molecular flexibility index (Phi) is 6.81. The van der Waals surface area contributed by atoms with E-state index in [0.29, 0.717) is 6.04 Å². The largest absolute Gasteiger partial charge is 0.396 e. The van der Waals surface area contributed by atoms with Gasteiger partial charge in [-0.1, -0.05) is 24.6 Å². The van der Waals surface area contributed by atoms with E-state index in [9.17, 15) is 0 Å². The number of aliphatic hydroxyl groups is 1. The van der Waals surface area contributed by atoms with E-state index in [1.807, 2.05) is 0 Å². The molecule has 1 fully saturated rings. The molecule has 0 spiro atoms. The molecule has 0 aromatic heterocycles. The fraction of sp³-hybridized carbons (Fsp3) is 0.647. The van der Waals surface area contributed by atoms with E-state index in [1.165, 1.54) is 24.8 Å². The summed E-state index contributed by atoms with van der Waals surface area (Å²) in [4.78, 5) is 2.38. The smallest absolute Gasteiger partial charge is 0.0642 e. The lowest BCUT2D eigenvalue weighted by molar-refractivity contribution is 0.283. The van der Waals surface area contributed by atoms with E-state index in [4.69, 9.17) is 16.7 Å². The summed E-state index contributed by atoms with van der Waals surface area (Å²) in [7, 11) is 0. The minimum atomic E-state index is 0.236. The predicted molar refractivity (Wildman–Crippen MR) is 90.1 cm³/mol. The number of hydrogen-bond donors (Lipinski definition) is 2. The highest BCUT2D eigenvalue weighted by molar-refractivity contribution is 6.33. The van der Waals surface area contributed by atoms with Crippen molar-refractivity contribution in [1.82, 2.24) is 5.32 Å². The molecule has 0 unspecified atom stereocenters. The minimum absolute atomic E-state index is 0.236. The summed E-state index contributed by atoms with van der Waals surface area (Å²) in [5.74, 6) is 0. The van der Waals surface area contributed by atoms with Crippen molar-refractivity contribution in [2.45, 2.75) is 51.6 Å². The molecule has 21 heavy (non-hydrogen) atoms. The predicted octanol–water partition coefficient (Wildman–Crippen LogP) is 3.58. The quantitative estimate of drug-likeness (QED) is 0.684. The molecule has 0 heterocycles. The summed E-state index contributed by atoms with van der Waals surface area (Å²) in [6.07, 6.45) is 5.72. The molecule has 1 saturated carbocycles. The van der Waals surface area contributed by atoms with Gasteiger partial charge in [-0.2, -0.15) is 0 Å². The molecule has 1 aromatic rings. The van der Waals surface area contributed by atoms with Crippen LogP contribution in [-0.2, 0) is 6.54 Å². The topological polar surface area (TPSA) is 35.5 Å². The van der Waals surface area contributed by atoms with Crippen LogP contribution < -0.4 is 10.2 Å². The van der Waals surface area contributed by atoms with Crippen molar-refractivity contribution in [2.24, 2.45) is 0 Å². The van der Waals surface area contributed by atoms with Gasteiger partial charge >= 0.3 is 0 Å². The lowest BCUT2D eigenvalue weighted by Crippen LogP contribution is -2.41. The zero-order valence-corrected chi connectivity index (χ0v) is 13.7. The summed E-state index contributed by atoms with van der Waals surface area (Å²) in [6.45, 7) is 5.19. The van der Waals surface area contributed by atoms with Crippen molar-refractivity contribution < 1.29 is 5.11 Å². The van der Waals surface area contributed by atoms with Gasteiger partial charge in [0.1, 0.15) is 0 Å². The maximum Gasteiger partial charge on any atom is 0.0642 e. The third-order valence-corrected chi connectivity index (χ3v) is 4.45. The lowest BCUT2D eigenvalue weighted by Gasteiger charge is -2.39. The number of hydrogen-bond acceptors (Lipinski definition) is 3. The molecular formula is C17H27ClN2O. The highest BCUT2D eigenvalue weighted by Crippen LogP contribution is 2.34. The summed E-state index contributed by atoms with van der Waals surface area (Å²) >= 11 is 6.51. The van der Waals surface area contributed by atoms with Gasteiger partial charge in [-0.25, -0.2) is 0 Å². The van der Waals surface area contributed by atoms with Crippen LogP contribution in [-0.4, -0.2) is 30.8 Å². The van der Waals surface area contributed by atoms with Crippen molar-refractivity contribution in [3.05, 3.63) is 28.8 Å². The Bertz CT molecular complexity index is 435. The second kappa shape index (κ2) is 8.62. The zero-order valence-electron chi connectivity index (χ0n) is 12.9. The Morgan fingerprint density at radius 3 is 2.76 bits per heavy atom. The van der Waals surface area contributed by atoms with Crippen LogP contribution in [0, 0.1) is 0 Å². The second-order valence-electron chi connectivity index (χ2n) is 5.82. The van der Waals surface area contributed by atoms with Gasteiger partial charge in [0.05, 0.1) is 10.7 Å². The van der Waals surface area contributed by atoms with Crippen LogP contribution in [0.5, 0.6) is 0 Å². The zero-order chi connectivity index (χ0) is 15.1. The van der Waals surface area contributed by atoms with E-state index in [1.54, 1.807) is 0 Å². The van der Waals surface area contributed by atoms with Crippen molar-refractivity contribution in [3.8, 4) is 0 Å². The lowest BCUT2D eigenvalue weighted by atomic mass is 9.90. The third kappa shape index (κ3) is 4.60. The highest BCUT2D eigenvalue weighted by atomic mass is 35.5. The maximum atomic E-state index is 9.10. The molecule has 1 aromatic carbocycles. The Balaban J connectivity index is 2.05. The summed E-state index contributed by atoms with van der Waals surface area (Å²) in [6, 6.07) is 6.97. The van der Waals surface area contributed by atoms with Crippen LogP contribution >= 0.6 is 11.6 Å². The number of benzene rings is 1. The molecule has 2 rings (SSSR count). The van der Waals surface area contributed by atoms with Crippen LogP contribution in [0.2, 0.25) is 5.02 Å². The molecule has 2 N–H and O–H groups in total. The van der Waals surface area contributed by atoms with Gasteiger partial charge in [0, 0.05) is 25.7 Å². The van der Waals surface area contributed by atoms with Crippen molar-refractivity contribution in [2.75, 3.05) is 24.6 Å². The molecule has 0 amide bonds. The van der Waals surface area contributed by atoms with Crippen LogP contribution in [0.25, 0.3) is 0 Å². The van der Waals surface area contributed by atoms with E-state index in [2.05, 4.69) is 35.3 Å². The van der Waals surface area contributed by atoms with Crippen LogP contribution in [0.1, 0.15) is 44.6 Å². The molecule has 0 aliphatic heterocycles. The first-order valence-electron chi connectivity index (χ1n) is 8.13. The number of aliphatic hydroxyl groups excluding tert-OH is 1. The number of nitrogens with zero attached hydrogens (tertiary/aromatic N) is 1. The number of nitrogens with one attached hydrogen (secondary N) is 1. The van der Waals surface area contributed by atoms with Crippen LogP contribution in [0.4, 0.5) is 5.69 Å². The maximum absolute atomic E-state index is 9.10. The van der Waals surface area contributed by atoms with E-state index < -0.39 is 0 Å². The highest BCUT2D eigenvalue weighted by Gasteiger charge is 2.26. The summed E-state index contributed by atoms with van der Waals surface area (Å²) < 4.78 is 0. The number of rotatable bonds is 9. The average molecular weight is 311 g/mol. The molecule has 1 aliphatic rings. The molecule has 0 atom stereocenters. The molecule has 4 heteroatoms. The Morgan fingerprint density at radius 1 is 1.38 bits per heavy atom. The molecule has 0 radical (unpaired) electrons. The fourth-order valence-electron chi connectivity index (χ4n) is 2.74.